The summed E-state index contributed by atoms with van der Waals surface area (Å²) < 4.78 is 43.2. The van der Waals surface area contributed by atoms with Crippen molar-refractivity contribution in [3.05, 3.63) is 54.1 Å². The van der Waals surface area contributed by atoms with Crippen molar-refractivity contribution in [3.63, 3.8) is 0 Å². The van der Waals surface area contributed by atoms with Crippen molar-refractivity contribution in [1.82, 2.24) is 0 Å². The molecule has 0 radical (unpaired) electrons. The average molecular weight is 327 g/mol. The highest BCUT2D eigenvalue weighted by Gasteiger charge is 2.30. The lowest BCUT2D eigenvalue weighted by atomic mass is 10.0. The lowest BCUT2D eigenvalue weighted by Crippen LogP contribution is -2.16. The van der Waals surface area contributed by atoms with Gasteiger partial charge in [0.05, 0.1) is 0 Å². The molecule has 0 saturated heterocycles. The van der Waals surface area contributed by atoms with E-state index in [1.165, 1.54) is 29.6 Å². The van der Waals surface area contributed by atoms with Crippen LogP contribution in [0.25, 0.3) is 0 Å². The third-order valence-electron chi connectivity index (χ3n) is 2.91. The second-order valence-corrected chi connectivity index (χ2v) is 5.82. The topological polar surface area (TPSA) is 21.3 Å². The first-order valence-electron chi connectivity index (χ1n) is 6.73. The molecule has 0 aliphatic rings. The standard InChI is InChI=1S/C16H16F3NOS/c1-11(2)14-5-3-4-6-15(14)22-20-12-7-9-13(10-8-12)21-16(17,18)19/h3-11,20H,1-2H3. The molecule has 0 aliphatic heterocycles. The van der Waals surface area contributed by atoms with Gasteiger partial charge in [-0.05, 0) is 53.8 Å². The van der Waals surface area contributed by atoms with Gasteiger partial charge in [0.1, 0.15) is 5.75 Å². The van der Waals surface area contributed by atoms with Crippen molar-refractivity contribution in [2.45, 2.75) is 31.0 Å². The third-order valence-corrected chi connectivity index (χ3v) is 3.84. The van der Waals surface area contributed by atoms with Crippen LogP contribution in [0.1, 0.15) is 25.3 Å². The summed E-state index contributed by atoms with van der Waals surface area (Å²) in [6.45, 7) is 4.23. The summed E-state index contributed by atoms with van der Waals surface area (Å²) in [6.07, 6.45) is -4.67. The number of benzene rings is 2. The molecule has 0 saturated carbocycles. The normalized spacial score (nSPS) is 11.5. The molecule has 6 heteroatoms. The fourth-order valence-electron chi connectivity index (χ4n) is 1.89. The van der Waals surface area contributed by atoms with Gasteiger partial charge in [-0.1, -0.05) is 32.0 Å². The summed E-state index contributed by atoms with van der Waals surface area (Å²) in [5.74, 6) is 0.165. The Morgan fingerprint density at radius 1 is 1.00 bits per heavy atom. The van der Waals surface area contributed by atoms with E-state index in [0.29, 0.717) is 11.6 Å². The van der Waals surface area contributed by atoms with Crippen molar-refractivity contribution in [1.29, 1.82) is 0 Å². The molecule has 0 aromatic heterocycles. The van der Waals surface area contributed by atoms with Gasteiger partial charge in [-0.2, -0.15) is 0 Å². The predicted molar refractivity (Wildman–Crippen MR) is 83.1 cm³/mol. The summed E-state index contributed by atoms with van der Waals surface area (Å²) in [4.78, 5) is 1.09. The molecular formula is C16H16F3NOS. The molecule has 0 atom stereocenters. The van der Waals surface area contributed by atoms with Crippen LogP contribution in [-0.4, -0.2) is 6.36 Å². The van der Waals surface area contributed by atoms with E-state index in [1.54, 1.807) is 12.1 Å². The van der Waals surface area contributed by atoms with Gasteiger partial charge in [0.15, 0.2) is 0 Å². The number of anilines is 1. The first-order valence-corrected chi connectivity index (χ1v) is 7.54. The smallest absolute Gasteiger partial charge is 0.406 e. The number of alkyl halides is 3. The maximum absolute atomic E-state index is 12.1. The van der Waals surface area contributed by atoms with E-state index in [9.17, 15) is 13.2 Å². The Bertz CT molecular complexity index is 612. The molecule has 22 heavy (non-hydrogen) atoms. The summed E-state index contributed by atoms with van der Waals surface area (Å²) in [6, 6.07) is 13.7. The molecule has 2 aromatic rings. The zero-order valence-corrected chi connectivity index (χ0v) is 13.0. The molecule has 0 amide bonds. The minimum atomic E-state index is -4.67. The predicted octanol–water partition coefficient (Wildman–Crippen LogP) is 5.83. The number of rotatable bonds is 5. The van der Waals surface area contributed by atoms with E-state index in [0.717, 1.165) is 4.90 Å². The fraction of sp³-hybridized carbons (Fsp3) is 0.250. The van der Waals surface area contributed by atoms with Crippen LogP contribution in [0.4, 0.5) is 18.9 Å². The Labute approximate surface area is 131 Å². The Kier molecular flexibility index (Phi) is 5.24. The van der Waals surface area contributed by atoms with Gasteiger partial charge in [0.25, 0.3) is 0 Å². The van der Waals surface area contributed by atoms with Crippen LogP contribution in [0.15, 0.2) is 53.4 Å². The summed E-state index contributed by atoms with van der Waals surface area (Å²) in [7, 11) is 0. The Morgan fingerprint density at radius 2 is 1.64 bits per heavy atom. The number of hydrogen-bond donors (Lipinski definition) is 1. The van der Waals surface area contributed by atoms with Gasteiger partial charge < -0.3 is 9.46 Å². The van der Waals surface area contributed by atoms with E-state index >= 15 is 0 Å². The summed E-state index contributed by atoms with van der Waals surface area (Å²) in [5, 5.41) is 0. The maximum atomic E-state index is 12.1. The van der Waals surface area contributed by atoms with Crippen molar-refractivity contribution in [2.24, 2.45) is 0 Å². The van der Waals surface area contributed by atoms with E-state index in [2.05, 4.69) is 29.4 Å². The number of hydrogen-bond acceptors (Lipinski definition) is 3. The lowest BCUT2D eigenvalue weighted by molar-refractivity contribution is -0.274. The van der Waals surface area contributed by atoms with Crippen molar-refractivity contribution < 1.29 is 17.9 Å². The fourth-order valence-corrected chi connectivity index (χ4v) is 2.82. The second-order valence-electron chi connectivity index (χ2n) is 4.97. The molecule has 0 fully saturated rings. The van der Waals surface area contributed by atoms with Crippen molar-refractivity contribution in [3.8, 4) is 5.75 Å². The highest BCUT2D eigenvalue weighted by Crippen LogP contribution is 2.30. The molecule has 0 unspecified atom stereocenters. The summed E-state index contributed by atoms with van der Waals surface area (Å²) >= 11 is 1.43. The minimum Gasteiger partial charge on any atom is -0.406 e. The lowest BCUT2D eigenvalue weighted by Gasteiger charge is -2.13. The van der Waals surface area contributed by atoms with Gasteiger partial charge in [-0.15, -0.1) is 13.2 Å². The monoisotopic (exact) mass is 327 g/mol. The molecule has 2 nitrogen and oxygen atoms in total. The van der Waals surface area contributed by atoms with E-state index in [4.69, 9.17) is 0 Å². The van der Waals surface area contributed by atoms with Crippen LogP contribution in [0.5, 0.6) is 5.75 Å². The molecule has 0 heterocycles. The van der Waals surface area contributed by atoms with Crippen LogP contribution in [0.3, 0.4) is 0 Å². The van der Waals surface area contributed by atoms with Gasteiger partial charge in [-0.25, -0.2) is 0 Å². The molecular weight excluding hydrogens is 311 g/mol. The first kappa shape index (κ1) is 16.5. The largest absolute Gasteiger partial charge is 0.573 e. The Hall–Kier alpha value is -1.82. The van der Waals surface area contributed by atoms with E-state index in [1.807, 2.05) is 18.2 Å². The van der Waals surface area contributed by atoms with Crippen LogP contribution in [0, 0.1) is 0 Å². The molecule has 1 N–H and O–H groups in total. The quantitative estimate of drug-likeness (QED) is 0.698. The van der Waals surface area contributed by atoms with E-state index < -0.39 is 6.36 Å². The third kappa shape index (κ3) is 4.87. The Morgan fingerprint density at radius 3 is 2.23 bits per heavy atom. The molecule has 0 bridgehead atoms. The van der Waals surface area contributed by atoms with Gasteiger partial charge in [0, 0.05) is 10.6 Å². The minimum absolute atomic E-state index is 0.231. The van der Waals surface area contributed by atoms with Crippen molar-refractivity contribution in [2.75, 3.05) is 4.72 Å². The zero-order valence-electron chi connectivity index (χ0n) is 12.1. The zero-order chi connectivity index (χ0) is 16.2. The van der Waals surface area contributed by atoms with Crippen LogP contribution in [-0.2, 0) is 0 Å². The van der Waals surface area contributed by atoms with Gasteiger partial charge in [-0.3, -0.25) is 0 Å². The Balaban J connectivity index is 2.01. The maximum Gasteiger partial charge on any atom is 0.573 e. The van der Waals surface area contributed by atoms with Gasteiger partial charge >= 0.3 is 6.36 Å². The summed E-state index contributed by atoms with van der Waals surface area (Å²) in [5.41, 5.74) is 1.93. The van der Waals surface area contributed by atoms with Gasteiger partial charge in [0.2, 0.25) is 0 Å². The second kappa shape index (κ2) is 6.96. The molecule has 118 valence electrons. The van der Waals surface area contributed by atoms with Crippen LogP contribution >= 0.6 is 11.9 Å². The van der Waals surface area contributed by atoms with Crippen LogP contribution in [0.2, 0.25) is 0 Å². The van der Waals surface area contributed by atoms with Crippen LogP contribution < -0.4 is 9.46 Å². The number of ether oxygens (including phenoxy) is 1. The number of nitrogens with one attached hydrogen (secondary N) is 1. The molecule has 0 aliphatic carbocycles. The first-order chi connectivity index (χ1) is 10.3. The average Bonchev–Trinajstić information content (AvgIpc) is 2.45. The van der Waals surface area contributed by atoms with E-state index in [-0.39, 0.29) is 5.75 Å². The molecule has 2 rings (SSSR count). The highest BCUT2D eigenvalue weighted by atomic mass is 32.2. The molecule has 0 spiro atoms. The highest BCUT2D eigenvalue weighted by molar-refractivity contribution is 8.00. The SMILES string of the molecule is CC(C)c1ccccc1SNc1ccc(OC(F)(F)F)cc1. The number of halogens is 3. The van der Waals surface area contributed by atoms with Crippen molar-refractivity contribution >= 4 is 17.6 Å². The molecule has 2 aromatic carbocycles.